The maximum absolute atomic E-state index is 12.2. The summed E-state index contributed by atoms with van der Waals surface area (Å²) in [6.07, 6.45) is 28.2. The zero-order chi connectivity index (χ0) is 23.3. The van der Waals surface area contributed by atoms with Gasteiger partial charge in [0.1, 0.15) is 0 Å². The number of unbranched alkanes of at least 4 members (excludes halogenated alkanes) is 14. The first-order valence-electron chi connectivity index (χ1n) is 13.7. The summed E-state index contributed by atoms with van der Waals surface area (Å²) >= 11 is 0. The van der Waals surface area contributed by atoms with E-state index in [9.17, 15) is 14.7 Å². The molecule has 0 aliphatic heterocycles. The fourth-order valence-corrected chi connectivity index (χ4v) is 4.69. The van der Waals surface area contributed by atoms with Crippen molar-refractivity contribution in [2.45, 2.75) is 135 Å². The number of aliphatic carboxylic acids is 1. The molecular weight excluding hydrogens is 400 g/mol. The van der Waals surface area contributed by atoms with Gasteiger partial charge >= 0.3 is 11.9 Å². The number of allylic oxidation sites excluding steroid dienone is 2. The van der Waals surface area contributed by atoms with Crippen LogP contribution in [0.1, 0.15) is 135 Å². The molecule has 1 saturated carbocycles. The Hall–Kier alpha value is -1.32. The van der Waals surface area contributed by atoms with Gasteiger partial charge in [0.2, 0.25) is 0 Å². The second-order valence-corrected chi connectivity index (χ2v) is 9.65. The highest BCUT2D eigenvalue weighted by Gasteiger charge is 2.36. The highest BCUT2D eigenvalue weighted by molar-refractivity contribution is 5.81. The van der Waals surface area contributed by atoms with Gasteiger partial charge in [0.05, 0.1) is 18.4 Å². The Morgan fingerprint density at radius 1 is 0.719 bits per heavy atom. The van der Waals surface area contributed by atoms with E-state index < -0.39 is 17.8 Å². The van der Waals surface area contributed by atoms with Gasteiger partial charge in [-0.1, -0.05) is 103 Å². The summed E-state index contributed by atoms with van der Waals surface area (Å²) in [6, 6.07) is 0. The zero-order valence-corrected chi connectivity index (χ0v) is 20.8. The quantitative estimate of drug-likeness (QED) is 0.115. The molecular formula is C28H50O4. The molecule has 0 spiro atoms. The number of hydrogen-bond acceptors (Lipinski definition) is 3. The summed E-state index contributed by atoms with van der Waals surface area (Å²) in [7, 11) is 0. The van der Waals surface area contributed by atoms with E-state index in [2.05, 4.69) is 19.1 Å². The third kappa shape index (κ3) is 14.7. The summed E-state index contributed by atoms with van der Waals surface area (Å²) < 4.78 is 5.38. The van der Waals surface area contributed by atoms with E-state index in [-0.39, 0.29) is 5.97 Å². The van der Waals surface area contributed by atoms with E-state index >= 15 is 0 Å². The SMILES string of the molecule is CCCCCC/C=C/CCCCCCCCCCCCOC(=O)C1CCCCC1C(=O)O. The lowest BCUT2D eigenvalue weighted by molar-refractivity contribution is -0.159. The molecule has 1 rings (SSSR count). The highest BCUT2D eigenvalue weighted by atomic mass is 16.5. The van der Waals surface area contributed by atoms with Crippen LogP contribution in [0, 0.1) is 11.8 Å². The van der Waals surface area contributed by atoms with Crippen LogP contribution < -0.4 is 0 Å². The van der Waals surface area contributed by atoms with Crippen LogP contribution in [0.2, 0.25) is 0 Å². The lowest BCUT2D eigenvalue weighted by atomic mass is 9.79. The van der Waals surface area contributed by atoms with E-state index in [1.807, 2.05) is 0 Å². The average Bonchev–Trinajstić information content (AvgIpc) is 2.80. The van der Waals surface area contributed by atoms with Crippen LogP contribution in [-0.2, 0) is 14.3 Å². The zero-order valence-electron chi connectivity index (χ0n) is 20.8. The molecule has 1 aliphatic carbocycles. The highest BCUT2D eigenvalue weighted by Crippen LogP contribution is 2.31. The minimum absolute atomic E-state index is 0.292. The van der Waals surface area contributed by atoms with Crippen LogP contribution in [0.15, 0.2) is 12.2 Å². The Labute approximate surface area is 197 Å². The Balaban J connectivity index is 1.84. The summed E-state index contributed by atoms with van der Waals surface area (Å²) in [5.74, 6) is -2.13. The molecule has 32 heavy (non-hydrogen) atoms. The predicted molar refractivity (Wildman–Crippen MR) is 133 cm³/mol. The van der Waals surface area contributed by atoms with Gasteiger partial charge in [-0.05, 0) is 44.9 Å². The molecule has 0 heterocycles. The number of carboxylic acid groups (broad SMARTS) is 1. The Morgan fingerprint density at radius 3 is 1.72 bits per heavy atom. The lowest BCUT2D eigenvalue weighted by Crippen LogP contribution is -2.33. The third-order valence-corrected chi connectivity index (χ3v) is 6.79. The second-order valence-electron chi connectivity index (χ2n) is 9.65. The van der Waals surface area contributed by atoms with Crippen molar-refractivity contribution >= 4 is 11.9 Å². The molecule has 0 aromatic rings. The van der Waals surface area contributed by atoms with Crippen LogP contribution in [-0.4, -0.2) is 23.7 Å². The van der Waals surface area contributed by atoms with Crippen molar-refractivity contribution in [2.75, 3.05) is 6.61 Å². The number of rotatable bonds is 20. The number of hydrogen-bond donors (Lipinski definition) is 1. The molecule has 1 aliphatic rings. The van der Waals surface area contributed by atoms with Crippen LogP contribution in [0.5, 0.6) is 0 Å². The van der Waals surface area contributed by atoms with E-state index in [1.54, 1.807) is 0 Å². The molecule has 186 valence electrons. The van der Waals surface area contributed by atoms with Crippen LogP contribution in [0.4, 0.5) is 0 Å². The first-order chi connectivity index (χ1) is 15.7. The lowest BCUT2D eigenvalue weighted by Gasteiger charge is -2.26. The minimum atomic E-state index is -0.850. The normalized spacial score (nSPS) is 18.8. The van der Waals surface area contributed by atoms with E-state index in [0.29, 0.717) is 19.4 Å². The van der Waals surface area contributed by atoms with Crippen molar-refractivity contribution in [1.82, 2.24) is 0 Å². The molecule has 0 radical (unpaired) electrons. The first-order valence-corrected chi connectivity index (χ1v) is 13.7. The molecule has 2 atom stereocenters. The first kappa shape index (κ1) is 28.7. The minimum Gasteiger partial charge on any atom is -0.481 e. The van der Waals surface area contributed by atoms with Crippen LogP contribution >= 0.6 is 0 Å². The van der Waals surface area contributed by atoms with Crippen LogP contribution in [0.3, 0.4) is 0 Å². The summed E-state index contributed by atoms with van der Waals surface area (Å²) in [5, 5.41) is 9.28. The molecule has 1 N–H and O–H groups in total. The molecule has 1 fully saturated rings. The van der Waals surface area contributed by atoms with Gasteiger partial charge in [-0.25, -0.2) is 0 Å². The van der Waals surface area contributed by atoms with E-state index in [1.165, 1.54) is 89.9 Å². The summed E-state index contributed by atoms with van der Waals surface area (Å²) in [4.78, 5) is 23.5. The second kappa shape index (κ2) is 20.3. The Bertz CT molecular complexity index is 500. The Morgan fingerprint density at radius 2 is 1.19 bits per heavy atom. The van der Waals surface area contributed by atoms with Crippen molar-refractivity contribution in [3.63, 3.8) is 0 Å². The van der Waals surface area contributed by atoms with Gasteiger partial charge in [0.15, 0.2) is 0 Å². The van der Waals surface area contributed by atoms with Crippen molar-refractivity contribution in [1.29, 1.82) is 0 Å². The van der Waals surface area contributed by atoms with Gasteiger partial charge in [-0.2, -0.15) is 0 Å². The fourth-order valence-electron chi connectivity index (χ4n) is 4.69. The summed E-state index contributed by atoms with van der Waals surface area (Å²) in [5.41, 5.74) is 0. The smallest absolute Gasteiger partial charge is 0.309 e. The fraction of sp³-hybridized carbons (Fsp3) is 0.857. The summed E-state index contributed by atoms with van der Waals surface area (Å²) in [6.45, 7) is 2.70. The molecule has 0 saturated heterocycles. The Kier molecular flexibility index (Phi) is 18.2. The van der Waals surface area contributed by atoms with Gasteiger partial charge < -0.3 is 9.84 Å². The standard InChI is InChI=1S/C28H50O4/c1-2-3-4-5-6-7-8-9-10-11-12-13-14-15-16-17-18-21-24-32-28(31)26-23-20-19-22-25(26)27(29)30/h7-8,25-26H,2-6,9-24H2,1H3,(H,29,30)/b8-7+. The van der Waals surface area contributed by atoms with Gasteiger partial charge in [-0.3, -0.25) is 9.59 Å². The van der Waals surface area contributed by atoms with Crippen molar-refractivity contribution < 1.29 is 19.4 Å². The molecule has 2 unspecified atom stereocenters. The molecule has 4 heteroatoms. The number of esters is 1. The van der Waals surface area contributed by atoms with E-state index in [4.69, 9.17) is 4.74 Å². The number of carbonyl (C=O) groups is 2. The van der Waals surface area contributed by atoms with E-state index in [0.717, 1.165) is 25.7 Å². The average molecular weight is 451 g/mol. The predicted octanol–water partition coefficient (Wildman–Crippen LogP) is 8.24. The maximum atomic E-state index is 12.2. The largest absolute Gasteiger partial charge is 0.481 e. The number of carboxylic acids is 1. The monoisotopic (exact) mass is 450 g/mol. The van der Waals surface area contributed by atoms with Crippen molar-refractivity contribution in [3.05, 3.63) is 12.2 Å². The van der Waals surface area contributed by atoms with Gasteiger partial charge in [0, 0.05) is 0 Å². The molecule has 4 nitrogen and oxygen atoms in total. The molecule has 0 aromatic carbocycles. The van der Waals surface area contributed by atoms with Gasteiger partial charge in [-0.15, -0.1) is 0 Å². The topological polar surface area (TPSA) is 63.6 Å². The van der Waals surface area contributed by atoms with Crippen molar-refractivity contribution in [2.24, 2.45) is 11.8 Å². The molecule has 0 aromatic heterocycles. The molecule has 0 amide bonds. The number of carbonyl (C=O) groups excluding carboxylic acids is 1. The van der Waals surface area contributed by atoms with Crippen LogP contribution in [0.25, 0.3) is 0 Å². The molecule has 0 bridgehead atoms. The van der Waals surface area contributed by atoms with Crippen molar-refractivity contribution in [3.8, 4) is 0 Å². The number of ether oxygens (including phenoxy) is 1. The maximum Gasteiger partial charge on any atom is 0.309 e. The van der Waals surface area contributed by atoms with Gasteiger partial charge in [0.25, 0.3) is 0 Å². The third-order valence-electron chi connectivity index (χ3n) is 6.79.